The van der Waals surface area contributed by atoms with Gasteiger partial charge in [-0.25, -0.2) is 4.79 Å². The van der Waals surface area contributed by atoms with Crippen molar-refractivity contribution >= 4 is 6.03 Å². The van der Waals surface area contributed by atoms with Gasteiger partial charge in [0.05, 0.1) is 6.10 Å². The molecule has 1 unspecified atom stereocenters. The molecule has 3 N–H and O–H groups in total. The summed E-state index contributed by atoms with van der Waals surface area (Å²) in [6, 6.07) is -0.269. The number of urea groups is 1. The van der Waals surface area contributed by atoms with E-state index >= 15 is 0 Å². The van der Waals surface area contributed by atoms with E-state index in [9.17, 15) is 9.90 Å². The Morgan fingerprint density at radius 1 is 1.30 bits per heavy atom. The largest absolute Gasteiger partial charge is 0.392 e. The maximum atomic E-state index is 11.3. The van der Waals surface area contributed by atoms with Crippen LogP contribution in [-0.4, -0.2) is 24.3 Å². The van der Waals surface area contributed by atoms with Crippen LogP contribution in [0, 0.1) is 0 Å². The van der Waals surface area contributed by atoms with Gasteiger partial charge in [-0.05, 0) is 25.0 Å². The number of carbonyl (C=O) groups excluding carboxylic acids is 1. The Morgan fingerprint density at radius 2 is 1.85 bits per heavy atom. The zero-order valence-corrected chi connectivity index (χ0v) is 13.7. The van der Waals surface area contributed by atoms with Crippen LogP contribution in [0.5, 0.6) is 0 Å². The summed E-state index contributed by atoms with van der Waals surface area (Å²) < 4.78 is 0. The first kappa shape index (κ1) is 20.8. The maximum Gasteiger partial charge on any atom is 0.318 e. The highest BCUT2D eigenvalue weighted by molar-refractivity contribution is 5.76. The molecule has 116 valence electrons. The molecule has 1 atom stereocenters. The van der Waals surface area contributed by atoms with Crippen LogP contribution in [0.25, 0.3) is 0 Å². The molecule has 1 rings (SSSR count). The summed E-state index contributed by atoms with van der Waals surface area (Å²) in [4.78, 5) is 11.3. The van der Waals surface area contributed by atoms with E-state index in [1.54, 1.807) is 19.2 Å². The quantitative estimate of drug-likeness (QED) is 0.694. The molecule has 0 bridgehead atoms. The van der Waals surface area contributed by atoms with Crippen LogP contribution in [0.15, 0.2) is 35.6 Å². The number of nitrogens with one attached hydrogen (secondary N) is 2. The van der Waals surface area contributed by atoms with Crippen LogP contribution in [0.2, 0.25) is 0 Å². The molecule has 0 aromatic heterocycles. The third-order valence-electron chi connectivity index (χ3n) is 2.58. The van der Waals surface area contributed by atoms with Gasteiger partial charge in [0.25, 0.3) is 0 Å². The molecule has 0 aromatic carbocycles. The van der Waals surface area contributed by atoms with Crippen molar-refractivity contribution in [1.29, 1.82) is 0 Å². The van der Waals surface area contributed by atoms with Gasteiger partial charge in [-0.15, -0.1) is 0 Å². The van der Waals surface area contributed by atoms with E-state index in [4.69, 9.17) is 0 Å². The number of amides is 2. The molecule has 0 saturated heterocycles. The minimum atomic E-state index is -0.338. The SMILES string of the molecule is C=C/C=C(/NC(=O)NC)C1=C(C)CC(O)C1.CC.CC. The van der Waals surface area contributed by atoms with E-state index in [1.165, 1.54) is 0 Å². The summed E-state index contributed by atoms with van der Waals surface area (Å²) in [5, 5.41) is 14.8. The number of rotatable bonds is 3. The fourth-order valence-corrected chi connectivity index (χ4v) is 1.82. The number of aliphatic hydroxyl groups excluding tert-OH is 1. The third-order valence-corrected chi connectivity index (χ3v) is 2.58. The average Bonchev–Trinajstić information content (AvgIpc) is 2.81. The number of carbonyl (C=O) groups is 1. The molecule has 0 heterocycles. The van der Waals surface area contributed by atoms with Gasteiger partial charge in [-0.3, -0.25) is 0 Å². The van der Waals surface area contributed by atoms with Crippen molar-refractivity contribution < 1.29 is 9.90 Å². The monoisotopic (exact) mass is 282 g/mol. The Bertz CT molecular complexity index is 357. The zero-order chi connectivity index (χ0) is 16.1. The van der Waals surface area contributed by atoms with Crippen molar-refractivity contribution in [1.82, 2.24) is 10.6 Å². The van der Waals surface area contributed by atoms with Crippen LogP contribution in [0.1, 0.15) is 47.5 Å². The van der Waals surface area contributed by atoms with Crippen molar-refractivity contribution in [3.63, 3.8) is 0 Å². The normalized spacial score (nSPS) is 17.4. The van der Waals surface area contributed by atoms with Gasteiger partial charge in [0.15, 0.2) is 0 Å². The molecule has 4 heteroatoms. The van der Waals surface area contributed by atoms with E-state index in [0.717, 1.165) is 11.1 Å². The number of allylic oxidation sites excluding steroid dienone is 3. The summed E-state index contributed by atoms with van der Waals surface area (Å²) in [7, 11) is 1.56. The molecule has 0 spiro atoms. The standard InChI is InChI=1S/C12H18N2O2.2C2H6/c1-4-5-11(14-12(16)13-3)10-7-9(15)6-8(10)2;2*1-2/h4-5,9,15H,1,6-7H2,2-3H3,(H2,13,14,16);2*1-2H3/b11-5+;;. The molecular weight excluding hydrogens is 252 g/mol. The highest BCUT2D eigenvalue weighted by Gasteiger charge is 2.22. The third kappa shape index (κ3) is 7.14. The van der Waals surface area contributed by atoms with E-state index < -0.39 is 0 Å². The molecule has 1 aliphatic carbocycles. The summed E-state index contributed by atoms with van der Waals surface area (Å²) >= 11 is 0. The lowest BCUT2D eigenvalue weighted by Gasteiger charge is -2.11. The number of hydrogen-bond acceptors (Lipinski definition) is 2. The van der Waals surface area contributed by atoms with E-state index in [0.29, 0.717) is 18.5 Å². The molecule has 0 radical (unpaired) electrons. The molecule has 0 aliphatic heterocycles. The van der Waals surface area contributed by atoms with E-state index in [2.05, 4.69) is 17.2 Å². The Morgan fingerprint density at radius 3 is 2.20 bits per heavy atom. The number of aliphatic hydroxyl groups is 1. The average molecular weight is 282 g/mol. The highest BCUT2D eigenvalue weighted by Crippen LogP contribution is 2.30. The van der Waals surface area contributed by atoms with Gasteiger partial charge in [-0.1, -0.05) is 45.9 Å². The molecule has 2 amide bonds. The molecule has 0 aromatic rings. The molecule has 4 nitrogen and oxygen atoms in total. The second kappa shape index (κ2) is 12.5. The molecule has 0 saturated carbocycles. The summed E-state index contributed by atoms with van der Waals surface area (Å²) in [5.41, 5.74) is 2.82. The van der Waals surface area contributed by atoms with Crippen LogP contribution < -0.4 is 10.6 Å². The minimum absolute atomic E-state index is 0.269. The fourth-order valence-electron chi connectivity index (χ4n) is 1.82. The maximum absolute atomic E-state index is 11.3. The first-order valence-corrected chi connectivity index (χ1v) is 7.27. The van der Waals surface area contributed by atoms with Gasteiger partial charge in [0.2, 0.25) is 0 Å². The van der Waals surface area contributed by atoms with Gasteiger partial charge in [0, 0.05) is 19.2 Å². The van der Waals surface area contributed by atoms with Crippen LogP contribution in [0.3, 0.4) is 0 Å². The minimum Gasteiger partial charge on any atom is -0.392 e. The molecular formula is C16H30N2O2. The lowest BCUT2D eigenvalue weighted by molar-refractivity contribution is 0.186. The van der Waals surface area contributed by atoms with Crippen LogP contribution >= 0.6 is 0 Å². The van der Waals surface area contributed by atoms with E-state index in [-0.39, 0.29) is 12.1 Å². The van der Waals surface area contributed by atoms with Crippen molar-refractivity contribution in [3.05, 3.63) is 35.6 Å². The molecule has 1 aliphatic rings. The molecule has 20 heavy (non-hydrogen) atoms. The van der Waals surface area contributed by atoms with Crippen molar-refractivity contribution in [2.45, 2.75) is 53.6 Å². The Hall–Kier alpha value is -1.55. The number of hydrogen-bond donors (Lipinski definition) is 3. The van der Waals surface area contributed by atoms with Gasteiger partial charge in [0.1, 0.15) is 0 Å². The van der Waals surface area contributed by atoms with Crippen LogP contribution in [-0.2, 0) is 0 Å². The van der Waals surface area contributed by atoms with Gasteiger partial charge in [-0.2, -0.15) is 0 Å². The summed E-state index contributed by atoms with van der Waals surface area (Å²) in [6.45, 7) is 13.6. The lowest BCUT2D eigenvalue weighted by Crippen LogP contribution is -2.32. The predicted octanol–water partition coefficient (Wildman–Crippen LogP) is 3.51. The Labute approximate surface area is 123 Å². The van der Waals surface area contributed by atoms with Gasteiger partial charge >= 0.3 is 6.03 Å². The topological polar surface area (TPSA) is 61.4 Å². The Balaban J connectivity index is 0. The smallest absolute Gasteiger partial charge is 0.318 e. The summed E-state index contributed by atoms with van der Waals surface area (Å²) in [6.07, 6.45) is 4.27. The predicted molar refractivity (Wildman–Crippen MR) is 86.5 cm³/mol. The van der Waals surface area contributed by atoms with Crippen molar-refractivity contribution in [3.8, 4) is 0 Å². The van der Waals surface area contributed by atoms with E-state index in [1.807, 2.05) is 34.6 Å². The van der Waals surface area contributed by atoms with Gasteiger partial charge < -0.3 is 15.7 Å². The second-order valence-electron chi connectivity index (χ2n) is 3.84. The fraction of sp³-hybridized carbons (Fsp3) is 0.562. The first-order chi connectivity index (χ1) is 9.58. The Kier molecular flexibility index (Phi) is 13.0. The lowest BCUT2D eigenvalue weighted by atomic mass is 10.1. The zero-order valence-electron chi connectivity index (χ0n) is 13.7. The summed E-state index contributed by atoms with van der Waals surface area (Å²) in [5.74, 6) is 0. The first-order valence-electron chi connectivity index (χ1n) is 7.27. The highest BCUT2D eigenvalue weighted by atomic mass is 16.3. The second-order valence-corrected chi connectivity index (χ2v) is 3.84. The van der Waals surface area contributed by atoms with Crippen molar-refractivity contribution in [2.24, 2.45) is 0 Å². The van der Waals surface area contributed by atoms with Crippen molar-refractivity contribution in [2.75, 3.05) is 7.05 Å². The molecule has 0 fully saturated rings. The van der Waals surface area contributed by atoms with Crippen LogP contribution in [0.4, 0.5) is 4.79 Å².